The fourth-order valence-corrected chi connectivity index (χ4v) is 6.22. The number of nitrogens with one attached hydrogen (secondary N) is 3. The molecule has 1 saturated heterocycles. The van der Waals surface area contributed by atoms with Crippen LogP contribution in [-0.2, 0) is 22.6 Å². The van der Waals surface area contributed by atoms with Gasteiger partial charge in [0.05, 0.1) is 13.0 Å². The van der Waals surface area contributed by atoms with E-state index in [1.54, 1.807) is 7.11 Å². The zero-order valence-corrected chi connectivity index (χ0v) is 22.4. The lowest BCUT2D eigenvalue weighted by molar-refractivity contribution is -0.126. The van der Waals surface area contributed by atoms with E-state index in [1.165, 1.54) is 16.5 Å². The van der Waals surface area contributed by atoms with E-state index in [-0.39, 0.29) is 29.7 Å². The van der Waals surface area contributed by atoms with Crippen LogP contribution in [0.15, 0.2) is 54.7 Å². The lowest BCUT2D eigenvalue weighted by Gasteiger charge is -2.32. The molecule has 0 spiro atoms. The van der Waals surface area contributed by atoms with Crippen molar-refractivity contribution in [3.63, 3.8) is 0 Å². The van der Waals surface area contributed by atoms with Crippen molar-refractivity contribution >= 4 is 22.7 Å². The topological polar surface area (TPSA) is 86.5 Å². The number of rotatable bonds is 7. The fourth-order valence-electron chi connectivity index (χ4n) is 6.22. The van der Waals surface area contributed by atoms with Gasteiger partial charge >= 0.3 is 0 Å². The normalized spacial score (nSPS) is 22.9. The molecule has 1 saturated carbocycles. The Labute approximate surface area is 225 Å². The first kappa shape index (κ1) is 26.3. The highest BCUT2D eigenvalue weighted by Gasteiger charge is 2.44. The minimum atomic E-state index is -0.178. The van der Waals surface area contributed by atoms with Gasteiger partial charge in [-0.05, 0) is 68.0 Å². The van der Waals surface area contributed by atoms with Gasteiger partial charge in [0.15, 0.2) is 0 Å². The summed E-state index contributed by atoms with van der Waals surface area (Å²) < 4.78 is 5.44. The first-order chi connectivity index (χ1) is 18.6. The number of hydrogen-bond donors (Lipinski definition) is 3. The van der Waals surface area contributed by atoms with Crippen LogP contribution in [0.1, 0.15) is 49.7 Å². The van der Waals surface area contributed by atoms with Gasteiger partial charge in [-0.3, -0.25) is 14.5 Å². The van der Waals surface area contributed by atoms with Crippen LogP contribution in [0.2, 0.25) is 0 Å². The Hall–Kier alpha value is -3.32. The number of hydrogen-bond acceptors (Lipinski definition) is 4. The Morgan fingerprint density at radius 1 is 1.08 bits per heavy atom. The van der Waals surface area contributed by atoms with E-state index >= 15 is 0 Å². The number of amides is 2. The molecular formula is C31H40N4O3. The van der Waals surface area contributed by atoms with Crippen LogP contribution < -0.4 is 15.4 Å². The molecule has 38 heavy (non-hydrogen) atoms. The zero-order valence-electron chi connectivity index (χ0n) is 22.4. The maximum absolute atomic E-state index is 13.3. The quantitative estimate of drug-likeness (QED) is 0.434. The number of fused-ring (bicyclic) bond motifs is 2. The Kier molecular flexibility index (Phi) is 8.64. The number of carbonyl (C=O) groups excluding carboxylic acids is 2. The Morgan fingerprint density at radius 2 is 1.95 bits per heavy atom. The van der Waals surface area contributed by atoms with Crippen molar-refractivity contribution in [3.8, 4) is 5.75 Å². The molecule has 2 fully saturated rings. The molecule has 7 nitrogen and oxygen atoms in total. The van der Waals surface area contributed by atoms with Gasteiger partial charge < -0.3 is 20.4 Å². The van der Waals surface area contributed by atoms with Gasteiger partial charge in [0.25, 0.3) is 0 Å². The van der Waals surface area contributed by atoms with Gasteiger partial charge in [-0.25, -0.2) is 0 Å². The second-order valence-corrected chi connectivity index (χ2v) is 10.8. The molecule has 0 unspecified atom stereocenters. The Morgan fingerprint density at radius 3 is 2.84 bits per heavy atom. The molecule has 2 aromatic carbocycles. The van der Waals surface area contributed by atoms with Crippen molar-refractivity contribution < 1.29 is 14.3 Å². The van der Waals surface area contributed by atoms with Crippen molar-refractivity contribution in [3.05, 3.63) is 65.9 Å². The number of ether oxygens (including phenoxy) is 1. The largest absolute Gasteiger partial charge is 0.497 e. The van der Waals surface area contributed by atoms with Crippen molar-refractivity contribution in [1.82, 2.24) is 20.5 Å². The number of aromatic nitrogens is 1. The highest BCUT2D eigenvalue weighted by molar-refractivity contribution is 5.85. The first-order valence-electron chi connectivity index (χ1n) is 14.1. The number of H-pyrrole nitrogens is 1. The third-order valence-electron chi connectivity index (χ3n) is 8.27. The van der Waals surface area contributed by atoms with Crippen LogP contribution >= 0.6 is 0 Å². The summed E-state index contributed by atoms with van der Waals surface area (Å²) >= 11 is 0. The molecule has 2 aliphatic rings. The average molecular weight is 517 g/mol. The average Bonchev–Trinajstić information content (AvgIpc) is 3.56. The maximum Gasteiger partial charge on any atom is 0.224 e. The number of benzene rings is 2. The van der Waals surface area contributed by atoms with Crippen LogP contribution in [0.5, 0.6) is 5.75 Å². The summed E-state index contributed by atoms with van der Waals surface area (Å²) in [4.78, 5) is 32.4. The molecule has 1 aliphatic heterocycles. The summed E-state index contributed by atoms with van der Waals surface area (Å²) in [6.45, 7) is 2.99. The molecule has 0 radical (unpaired) electrons. The third-order valence-corrected chi connectivity index (χ3v) is 8.27. The molecule has 2 amide bonds. The van der Waals surface area contributed by atoms with Gasteiger partial charge in [0.1, 0.15) is 5.75 Å². The third kappa shape index (κ3) is 6.21. The van der Waals surface area contributed by atoms with Crippen LogP contribution in [-0.4, -0.2) is 54.5 Å². The van der Waals surface area contributed by atoms with Crippen molar-refractivity contribution in [2.45, 2.75) is 57.5 Å². The van der Waals surface area contributed by atoms with Gasteiger partial charge in [-0.1, -0.05) is 43.2 Å². The summed E-state index contributed by atoms with van der Waals surface area (Å²) in [5.41, 5.74) is 3.50. The molecule has 2 heterocycles. The SMILES string of the molecule is COc1cccc(CN2CCCCCCNC(=O)[C@@H]3C[C@@H](C(=O)NCCc4c[nH]c5ccccc45)C[C@@H]32)c1. The molecule has 7 heteroatoms. The fraction of sp³-hybridized carbons (Fsp3) is 0.484. The molecule has 5 rings (SSSR count). The second-order valence-electron chi connectivity index (χ2n) is 10.8. The number of methoxy groups -OCH3 is 1. The van der Waals surface area contributed by atoms with Crippen molar-refractivity contribution in [2.24, 2.45) is 11.8 Å². The molecule has 0 bridgehead atoms. The highest BCUT2D eigenvalue weighted by Crippen LogP contribution is 2.37. The van der Waals surface area contributed by atoms with Crippen LogP contribution in [0.4, 0.5) is 0 Å². The van der Waals surface area contributed by atoms with Crippen molar-refractivity contribution in [2.75, 3.05) is 26.7 Å². The smallest absolute Gasteiger partial charge is 0.224 e. The Bertz CT molecular complexity index is 1240. The first-order valence-corrected chi connectivity index (χ1v) is 14.1. The van der Waals surface area contributed by atoms with Gasteiger partial charge in [-0.15, -0.1) is 0 Å². The molecule has 1 aromatic heterocycles. The summed E-state index contributed by atoms with van der Waals surface area (Å²) in [6.07, 6.45) is 8.51. The van der Waals surface area contributed by atoms with E-state index in [0.717, 1.165) is 63.0 Å². The number of para-hydroxylation sites is 1. The number of aromatic amines is 1. The Balaban J connectivity index is 1.27. The maximum atomic E-state index is 13.3. The van der Waals surface area contributed by atoms with E-state index in [1.807, 2.05) is 30.5 Å². The van der Waals surface area contributed by atoms with E-state index in [4.69, 9.17) is 4.74 Å². The molecule has 3 aromatic rings. The van der Waals surface area contributed by atoms with E-state index < -0.39 is 0 Å². The molecule has 3 atom stereocenters. The lowest BCUT2D eigenvalue weighted by atomic mass is 9.99. The zero-order chi connectivity index (χ0) is 26.3. The molecule has 202 valence electrons. The molecule has 3 N–H and O–H groups in total. The van der Waals surface area contributed by atoms with Gasteiger partial charge in [0, 0.05) is 48.7 Å². The minimum absolute atomic E-state index is 0.0451. The lowest BCUT2D eigenvalue weighted by Crippen LogP contribution is -2.44. The van der Waals surface area contributed by atoms with E-state index in [0.29, 0.717) is 19.4 Å². The minimum Gasteiger partial charge on any atom is -0.497 e. The van der Waals surface area contributed by atoms with Crippen LogP contribution in [0, 0.1) is 11.8 Å². The van der Waals surface area contributed by atoms with Crippen LogP contribution in [0.3, 0.4) is 0 Å². The standard InChI is InChI=1S/C31H40N4O3/c1-38-25-10-8-9-22(17-25)21-35-16-7-3-2-6-14-32-31(37)27-18-24(19-29(27)35)30(36)33-15-13-23-20-34-28-12-5-4-11-26(23)28/h4-5,8-12,17,20,24,27,29,34H,2-3,6-7,13-16,18-19,21H2,1H3,(H,32,37)(H,33,36)/t24-,27-,29+/m1/s1. The summed E-state index contributed by atoms with van der Waals surface area (Å²) in [5, 5.41) is 7.55. The number of carbonyl (C=O) groups is 2. The predicted octanol–water partition coefficient (Wildman–Crippen LogP) is 4.42. The van der Waals surface area contributed by atoms with Gasteiger partial charge in [0.2, 0.25) is 11.8 Å². The molecular weight excluding hydrogens is 476 g/mol. The molecule has 1 aliphatic carbocycles. The second kappa shape index (κ2) is 12.5. The summed E-state index contributed by atoms with van der Waals surface area (Å²) in [5.74, 6) is 0.672. The predicted molar refractivity (Wildman–Crippen MR) is 150 cm³/mol. The monoisotopic (exact) mass is 516 g/mol. The van der Waals surface area contributed by atoms with Crippen molar-refractivity contribution in [1.29, 1.82) is 0 Å². The summed E-state index contributed by atoms with van der Waals surface area (Å²) in [7, 11) is 1.69. The van der Waals surface area contributed by atoms with E-state index in [2.05, 4.69) is 44.8 Å². The van der Waals surface area contributed by atoms with Gasteiger partial charge in [-0.2, -0.15) is 0 Å². The van der Waals surface area contributed by atoms with E-state index in [9.17, 15) is 9.59 Å². The summed E-state index contributed by atoms with van der Waals surface area (Å²) in [6, 6.07) is 16.4. The highest BCUT2D eigenvalue weighted by atomic mass is 16.5. The number of nitrogens with zero attached hydrogens (tertiary/aromatic N) is 1. The van der Waals surface area contributed by atoms with Crippen LogP contribution in [0.25, 0.3) is 10.9 Å².